The van der Waals surface area contributed by atoms with Gasteiger partial charge in [-0.3, -0.25) is 4.79 Å². The number of aryl methyl sites for hydroxylation is 2. The van der Waals surface area contributed by atoms with Crippen LogP contribution in [0.25, 0.3) is 11.3 Å². The fraction of sp³-hybridized carbons (Fsp3) is 0.214. The van der Waals surface area contributed by atoms with Crippen molar-refractivity contribution in [3.05, 3.63) is 34.2 Å². The molecule has 6 heteroatoms. The van der Waals surface area contributed by atoms with Crippen molar-refractivity contribution in [2.24, 2.45) is 0 Å². The van der Waals surface area contributed by atoms with Gasteiger partial charge in [-0.25, -0.2) is 9.78 Å². The number of thiazole rings is 1. The van der Waals surface area contributed by atoms with Crippen molar-refractivity contribution in [2.75, 3.05) is 5.32 Å². The summed E-state index contributed by atoms with van der Waals surface area (Å²) in [4.78, 5) is 26.7. The highest BCUT2D eigenvalue weighted by molar-refractivity contribution is 7.18. The van der Waals surface area contributed by atoms with Gasteiger partial charge in [-0.05, 0) is 31.0 Å². The summed E-state index contributed by atoms with van der Waals surface area (Å²) in [6.07, 6.45) is 0. The van der Waals surface area contributed by atoms with Crippen LogP contribution in [0.3, 0.4) is 0 Å². The van der Waals surface area contributed by atoms with Gasteiger partial charge in [0.05, 0.1) is 5.69 Å². The first-order valence-electron chi connectivity index (χ1n) is 5.98. The van der Waals surface area contributed by atoms with Crippen LogP contribution < -0.4 is 5.32 Å². The van der Waals surface area contributed by atoms with E-state index >= 15 is 0 Å². The minimum Gasteiger partial charge on any atom is -0.477 e. The number of carbonyl (C=O) groups excluding carboxylic acids is 1. The monoisotopic (exact) mass is 290 g/mol. The van der Waals surface area contributed by atoms with Gasteiger partial charge in [0.15, 0.2) is 5.13 Å². The number of rotatable bonds is 3. The van der Waals surface area contributed by atoms with Crippen molar-refractivity contribution in [3.63, 3.8) is 0 Å². The molecule has 0 unspecified atom stereocenters. The Hall–Kier alpha value is -2.21. The lowest BCUT2D eigenvalue weighted by atomic mass is 10.0. The van der Waals surface area contributed by atoms with Crippen molar-refractivity contribution in [1.29, 1.82) is 0 Å². The van der Waals surface area contributed by atoms with Gasteiger partial charge in [0.25, 0.3) is 0 Å². The van der Waals surface area contributed by atoms with E-state index in [4.69, 9.17) is 0 Å². The Balaban J connectivity index is 2.53. The van der Waals surface area contributed by atoms with Gasteiger partial charge < -0.3 is 10.4 Å². The fourth-order valence-electron chi connectivity index (χ4n) is 1.75. The number of nitrogens with zero attached hydrogens (tertiary/aromatic N) is 1. The van der Waals surface area contributed by atoms with E-state index < -0.39 is 5.97 Å². The van der Waals surface area contributed by atoms with Gasteiger partial charge in [0.2, 0.25) is 5.91 Å². The molecule has 1 heterocycles. The molecule has 0 saturated heterocycles. The molecule has 0 spiro atoms. The molecule has 20 heavy (non-hydrogen) atoms. The number of hydrogen-bond acceptors (Lipinski definition) is 4. The Morgan fingerprint density at radius 3 is 2.50 bits per heavy atom. The summed E-state index contributed by atoms with van der Waals surface area (Å²) < 4.78 is 0. The first-order valence-corrected chi connectivity index (χ1v) is 6.79. The normalized spacial score (nSPS) is 10.3. The highest BCUT2D eigenvalue weighted by Gasteiger charge is 2.19. The molecule has 0 aliphatic carbocycles. The maximum absolute atomic E-state index is 11.3. The quantitative estimate of drug-likeness (QED) is 0.910. The molecule has 0 atom stereocenters. The molecule has 104 valence electrons. The van der Waals surface area contributed by atoms with Gasteiger partial charge in [0.1, 0.15) is 4.88 Å². The second kappa shape index (κ2) is 5.42. The number of hydrogen-bond donors (Lipinski definition) is 2. The molecule has 1 aromatic heterocycles. The molecule has 2 N–H and O–H groups in total. The van der Waals surface area contributed by atoms with Gasteiger partial charge in [0, 0.05) is 12.5 Å². The summed E-state index contributed by atoms with van der Waals surface area (Å²) in [5, 5.41) is 12.1. The molecular weight excluding hydrogens is 276 g/mol. The van der Waals surface area contributed by atoms with E-state index in [2.05, 4.69) is 10.3 Å². The summed E-state index contributed by atoms with van der Waals surface area (Å²) in [6, 6.07) is 5.66. The van der Waals surface area contributed by atoms with Crippen molar-refractivity contribution in [3.8, 4) is 11.3 Å². The number of anilines is 1. The van der Waals surface area contributed by atoms with Gasteiger partial charge in [-0.2, -0.15) is 0 Å². The predicted molar refractivity (Wildman–Crippen MR) is 78.3 cm³/mol. The van der Waals surface area contributed by atoms with E-state index in [-0.39, 0.29) is 10.8 Å². The molecule has 5 nitrogen and oxygen atoms in total. The standard InChI is InChI=1S/C14H14N2O3S/c1-7-4-5-10(6-8(7)2)11-12(13(18)19)20-14(16-11)15-9(3)17/h4-6H,1-3H3,(H,18,19)(H,15,16,17). The lowest BCUT2D eigenvalue weighted by molar-refractivity contribution is -0.114. The number of carboxylic acid groups (broad SMARTS) is 1. The number of carbonyl (C=O) groups is 2. The zero-order chi connectivity index (χ0) is 14.9. The van der Waals surface area contributed by atoms with Crippen molar-refractivity contribution in [1.82, 2.24) is 4.98 Å². The van der Waals surface area contributed by atoms with Crippen LogP contribution in [-0.4, -0.2) is 22.0 Å². The molecule has 0 aliphatic rings. The average Bonchev–Trinajstić information content (AvgIpc) is 2.76. The van der Waals surface area contributed by atoms with Crippen LogP contribution in [0, 0.1) is 13.8 Å². The summed E-state index contributed by atoms with van der Waals surface area (Å²) in [6.45, 7) is 5.30. The molecule has 0 fully saturated rings. The maximum Gasteiger partial charge on any atom is 0.348 e. The van der Waals surface area contributed by atoms with E-state index in [0.717, 1.165) is 28.0 Å². The maximum atomic E-state index is 11.3. The summed E-state index contributed by atoms with van der Waals surface area (Å²) in [7, 11) is 0. The summed E-state index contributed by atoms with van der Waals surface area (Å²) in [5.74, 6) is -1.32. The van der Waals surface area contributed by atoms with Crippen LogP contribution in [0.2, 0.25) is 0 Å². The number of aromatic nitrogens is 1. The Kier molecular flexibility index (Phi) is 3.85. The number of carboxylic acids is 1. The molecule has 1 amide bonds. The van der Waals surface area contributed by atoms with Crippen LogP contribution in [0.1, 0.15) is 27.7 Å². The third kappa shape index (κ3) is 2.85. The van der Waals surface area contributed by atoms with E-state index in [0.29, 0.717) is 10.8 Å². The summed E-state index contributed by atoms with van der Waals surface area (Å²) >= 11 is 0.958. The Bertz CT molecular complexity index is 692. The molecule has 2 rings (SSSR count). The van der Waals surface area contributed by atoms with E-state index in [1.807, 2.05) is 32.0 Å². The number of nitrogens with one attached hydrogen (secondary N) is 1. The Morgan fingerprint density at radius 1 is 1.25 bits per heavy atom. The van der Waals surface area contributed by atoms with Crippen LogP contribution in [0.5, 0.6) is 0 Å². The fourth-order valence-corrected chi connectivity index (χ4v) is 2.63. The third-order valence-electron chi connectivity index (χ3n) is 2.88. The predicted octanol–water partition coefficient (Wildman–Crippen LogP) is 3.08. The minimum atomic E-state index is -1.05. The zero-order valence-electron chi connectivity index (χ0n) is 11.4. The molecule has 0 aliphatic heterocycles. The van der Waals surface area contributed by atoms with Crippen molar-refractivity contribution in [2.45, 2.75) is 20.8 Å². The largest absolute Gasteiger partial charge is 0.477 e. The zero-order valence-corrected chi connectivity index (χ0v) is 12.2. The molecule has 0 saturated carbocycles. The Morgan fingerprint density at radius 2 is 1.95 bits per heavy atom. The van der Waals surface area contributed by atoms with Crippen LogP contribution in [0.15, 0.2) is 18.2 Å². The number of benzene rings is 1. The van der Waals surface area contributed by atoms with E-state index in [1.54, 1.807) is 0 Å². The number of aromatic carboxylic acids is 1. The van der Waals surface area contributed by atoms with Crippen molar-refractivity contribution < 1.29 is 14.7 Å². The molecule has 0 radical (unpaired) electrons. The summed E-state index contributed by atoms with van der Waals surface area (Å²) in [5.41, 5.74) is 3.31. The second-order valence-electron chi connectivity index (χ2n) is 4.48. The molecule has 1 aromatic carbocycles. The third-order valence-corrected chi connectivity index (χ3v) is 3.84. The smallest absolute Gasteiger partial charge is 0.348 e. The number of amides is 1. The average molecular weight is 290 g/mol. The minimum absolute atomic E-state index is 0.122. The molecule has 2 aromatic rings. The topological polar surface area (TPSA) is 79.3 Å². The first kappa shape index (κ1) is 14.2. The highest BCUT2D eigenvalue weighted by atomic mass is 32.1. The molecular formula is C14H14N2O3S. The van der Waals surface area contributed by atoms with Crippen molar-refractivity contribution >= 4 is 28.3 Å². The van der Waals surface area contributed by atoms with Gasteiger partial charge in [-0.15, -0.1) is 0 Å². The van der Waals surface area contributed by atoms with E-state index in [9.17, 15) is 14.7 Å². The molecule has 0 bridgehead atoms. The lowest BCUT2D eigenvalue weighted by Crippen LogP contribution is -2.04. The highest BCUT2D eigenvalue weighted by Crippen LogP contribution is 2.32. The van der Waals surface area contributed by atoms with E-state index in [1.165, 1.54) is 6.92 Å². The Labute approximate surface area is 120 Å². The van der Waals surface area contributed by atoms with Crippen LogP contribution in [-0.2, 0) is 4.79 Å². The lowest BCUT2D eigenvalue weighted by Gasteiger charge is -2.03. The van der Waals surface area contributed by atoms with Gasteiger partial charge in [-0.1, -0.05) is 23.5 Å². The van der Waals surface area contributed by atoms with Crippen LogP contribution >= 0.6 is 11.3 Å². The second-order valence-corrected chi connectivity index (χ2v) is 5.48. The SMILES string of the molecule is CC(=O)Nc1nc(-c2ccc(C)c(C)c2)c(C(=O)O)s1. The van der Waals surface area contributed by atoms with Gasteiger partial charge >= 0.3 is 5.97 Å². The van der Waals surface area contributed by atoms with Crippen LogP contribution in [0.4, 0.5) is 5.13 Å². The first-order chi connectivity index (χ1) is 9.38.